The van der Waals surface area contributed by atoms with Gasteiger partial charge in [-0.1, -0.05) is 76.7 Å². The normalized spacial score (nSPS) is 5.75. The highest BCUT2D eigenvalue weighted by Crippen LogP contribution is 2.02. The molecule has 3 nitrogen and oxygen atoms in total. The van der Waals surface area contributed by atoms with Crippen molar-refractivity contribution in [2.45, 2.75) is 90.1 Å². The molecule has 0 aromatic carbocycles. The highest BCUT2D eigenvalue weighted by molar-refractivity contribution is 5.25. The van der Waals surface area contributed by atoms with Crippen molar-refractivity contribution in [3.8, 4) is 0 Å². The summed E-state index contributed by atoms with van der Waals surface area (Å²) in [4.78, 5) is 3.73. The van der Waals surface area contributed by atoms with E-state index >= 15 is 0 Å². The summed E-state index contributed by atoms with van der Waals surface area (Å²) >= 11 is 0. The van der Waals surface area contributed by atoms with Crippen LogP contribution in [0.4, 0.5) is 0 Å². The molecule has 1 heterocycles. The SMILES string of the molecule is C.C=NCc1cn[nH]c1C.CC.CC.CC.CC.CC. The first kappa shape index (κ1) is 36.4. The summed E-state index contributed by atoms with van der Waals surface area (Å²) < 4.78 is 0. The van der Waals surface area contributed by atoms with Gasteiger partial charge in [0, 0.05) is 11.3 Å². The Morgan fingerprint density at radius 3 is 1.50 bits per heavy atom. The number of hydrogen-bond acceptors (Lipinski definition) is 2. The quantitative estimate of drug-likeness (QED) is 0.606. The monoisotopic (exact) mass is 289 g/mol. The number of aromatic nitrogens is 2. The summed E-state index contributed by atoms with van der Waals surface area (Å²) in [5.41, 5.74) is 2.19. The predicted molar refractivity (Wildman–Crippen MR) is 100 cm³/mol. The van der Waals surface area contributed by atoms with Crippen LogP contribution < -0.4 is 0 Å². The maximum Gasteiger partial charge on any atom is 0.0666 e. The number of nitrogens with zero attached hydrogens (tertiary/aromatic N) is 2. The van der Waals surface area contributed by atoms with Crippen molar-refractivity contribution in [2.24, 2.45) is 4.99 Å². The molecule has 0 saturated carbocycles. The topological polar surface area (TPSA) is 41.0 Å². The fourth-order valence-electron chi connectivity index (χ4n) is 0.656. The molecule has 0 atom stereocenters. The van der Waals surface area contributed by atoms with Gasteiger partial charge in [0.05, 0.1) is 12.7 Å². The smallest absolute Gasteiger partial charge is 0.0666 e. The van der Waals surface area contributed by atoms with Crippen molar-refractivity contribution < 1.29 is 0 Å². The van der Waals surface area contributed by atoms with Crippen LogP contribution in [0.5, 0.6) is 0 Å². The first-order valence-electron chi connectivity index (χ1n) is 7.76. The fourth-order valence-corrected chi connectivity index (χ4v) is 0.656. The first-order valence-corrected chi connectivity index (χ1v) is 7.76. The Morgan fingerprint density at radius 1 is 0.950 bits per heavy atom. The second kappa shape index (κ2) is 52.2. The molecule has 0 unspecified atom stereocenters. The Morgan fingerprint density at radius 2 is 1.30 bits per heavy atom. The standard InChI is InChI=1S/C6H9N3.5C2H6.CH4/c1-5-6(3-7-2)4-8-9-5;5*1-2;/h4H,2-3H2,1H3,(H,8,9);5*1-2H3;1H4. The zero-order valence-corrected chi connectivity index (χ0v) is 15.4. The Balaban J connectivity index is -0.0000000384. The molecule has 1 aromatic heterocycles. The number of H-pyrrole nitrogens is 1. The molecule has 0 aliphatic heterocycles. The van der Waals surface area contributed by atoms with Crippen LogP contribution in [-0.4, -0.2) is 16.9 Å². The molecule has 0 spiro atoms. The molecule has 0 amide bonds. The molecule has 126 valence electrons. The van der Waals surface area contributed by atoms with Crippen LogP contribution in [-0.2, 0) is 6.54 Å². The van der Waals surface area contributed by atoms with E-state index in [4.69, 9.17) is 0 Å². The van der Waals surface area contributed by atoms with Crippen LogP contribution in [0.3, 0.4) is 0 Å². The summed E-state index contributed by atoms with van der Waals surface area (Å²) in [7, 11) is 0. The van der Waals surface area contributed by atoms with Gasteiger partial charge in [-0.05, 0) is 13.6 Å². The van der Waals surface area contributed by atoms with Crippen molar-refractivity contribution in [2.75, 3.05) is 0 Å². The molecule has 1 N–H and O–H groups in total. The minimum Gasteiger partial charge on any atom is -0.296 e. The van der Waals surface area contributed by atoms with Gasteiger partial charge in [-0.3, -0.25) is 10.1 Å². The Kier molecular flexibility index (Phi) is 94.9. The molecule has 3 heteroatoms. The van der Waals surface area contributed by atoms with E-state index < -0.39 is 0 Å². The third-order valence-corrected chi connectivity index (χ3v) is 1.22. The van der Waals surface area contributed by atoms with E-state index in [1.807, 2.05) is 76.2 Å². The lowest BCUT2D eigenvalue weighted by molar-refractivity contribution is 1.03. The second-order valence-corrected chi connectivity index (χ2v) is 1.90. The van der Waals surface area contributed by atoms with E-state index in [0.717, 1.165) is 11.3 Å². The number of aliphatic imine (C=N–C) groups is 1. The van der Waals surface area contributed by atoms with Gasteiger partial charge in [0.1, 0.15) is 0 Å². The summed E-state index contributed by atoms with van der Waals surface area (Å²) in [6.45, 7) is 26.0. The molecular formula is C17H43N3. The lowest BCUT2D eigenvalue weighted by Gasteiger charge is -1.88. The number of aromatic amines is 1. The van der Waals surface area contributed by atoms with Crippen LogP contribution >= 0.6 is 0 Å². The maximum atomic E-state index is 3.83. The van der Waals surface area contributed by atoms with Crippen molar-refractivity contribution in [3.63, 3.8) is 0 Å². The molecule has 0 aliphatic rings. The molecular weight excluding hydrogens is 246 g/mol. The lowest BCUT2D eigenvalue weighted by Crippen LogP contribution is -1.79. The lowest BCUT2D eigenvalue weighted by atomic mass is 10.3. The molecule has 20 heavy (non-hydrogen) atoms. The highest BCUT2D eigenvalue weighted by Gasteiger charge is 1.95. The van der Waals surface area contributed by atoms with E-state index in [2.05, 4.69) is 21.9 Å². The van der Waals surface area contributed by atoms with Crippen molar-refractivity contribution in [3.05, 3.63) is 17.5 Å². The largest absolute Gasteiger partial charge is 0.296 e. The van der Waals surface area contributed by atoms with E-state index in [1.54, 1.807) is 6.20 Å². The predicted octanol–water partition coefficient (Wildman–Crippen LogP) is 6.69. The van der Waals surface area contributed by atoms with Crippen LogP contribution in [0, 0.1) is 6.92 Å². The van der Waals surface area contributed by atoms with Gasteiger partial charge in [-0.2, -0.15) is 5.10 Å². The fraction of sp³-hybridized carbons (Fsp3) is 0.765. The minimum absolute atomic E-state index is 0. The zero-order chi connectivity index (χ0) is 16.7. The van der Waals surface area contributed by atoms with Crippen LogP contribution in [0.2, 0.25) is 0 Å². The average molecular weight is 290 g/mol. The Hall–Kier alpha value is -1.12. The van der Waals surface area contributed by atoms with Gasteiger partial charge in [0.25, 0.3) is 0 Å². The van der Waals surface area contributed by atoms with Crippen molar-refractivity contribution in [1.82, 2.24) is 10.2 Å². The van der Waals surface area contributed by atoms with E-state index in [9.17, 15) is 0 Å². The van der Waals surface area contributed by atoms with Crippen LogP contribution in [0.1, 0.15) is 87.9 Å². The number of nitrogens with one attached hydrogen (secondary N) is 1. The Bertz CT molecular complexity index is 206. The summed E-state index contributed by atoms with van der Waals surface area (Å²) in [5, 5.41) is 6.64. The van der Waals surface area contributed by atoms with Gasteiger partial charge < -0.3 is 0 Å². The molecule has 0 radical (unpaired) electrons. The van der Waals surface area contributed by atoms with Crippen LogP contribution in [0.15, 0.2) is 11.2 Å². The zero-order valence-electron chi connectivity index (χ0n) is 15.4. The molecule has 1 rings (SSSR count). The summed E-state index contributed by atoms with van der Waals surface area (Å²) in [6.07, 6.45) is 1.77. The van der Waals surface area contributed by atoms with Crippen molar-refractivity contribution in [1.29, 1.82) is 0 Å². The Labute approximate surface area is 130 Å². The average Bonchev–Trinajstić information content (AvgIpc) is 2.95. The van der Waals surface area contributed by atoms with Crippen molar-refractivity contribution >= 4 is 6.72 Å². The van der Waals surface area contributed by atoms with Gasteiger partial charge in [-0.15, -0.1) is 0 Å². The summed E-state index contributed by atoms with van der Waals surface area (Å²) in [5.74, 6) is 0. The van der Waals surface area contributed by atoms with Gasteiger partial charge in [0.15, 0.2) is 0 Å². The van der Waals surface area contributed by atoms with Crippen LogP contribution in [0.25, 0.3) is 0 Å². The van der Waals surface area contributed by atoms with E-state index in [-0.39, 0.29) is 7.43 Å². The number of rotatable bonds is 2. The van der Waals surface area contributed by atoms with E-state index in [1.165, 1.54) is 0 Å². The molecule has 0 bridgehead atoms. The van der Waals surface area contributed by atoms with E-state index in [0.29, 0.717) is 6.54 Å². The van der Waals surface area contributed by atoms with Gasteiger partial charge in [0.2, 0.25) is 0 Å². The molecule has 0 saturated heterocycles. The number of hydrogen-bond donors (Lipinski definition) is 1. The van der Waals surface area contributed by atoms with Gasteiger partial charge in [-0.25, -0.2) is 0 Å². The molecule has 0 fully saturated rings. The molecule has 0 aliphatic carbocycles. The minimum atomic E-state index is 0. The molecule has 1 aromatic rings. The third kappa shape index (κ3) is 30.2. The maximum absolute atomic E-state index is 3.83. The highest BCUT2D eigenvalue weighted by atomic mass is 15.1. The number of aryl methyl sites for hydroxylation is 1. The summed E-state index contributed by atoms with van der Waals surface area (Å²) in [6, 6.07) is 0. The second-order valence-electron chi connectivity index (χ2n) is 1.90. The third-order valence-electron chi connectivity index (χ3n) is 1.22. The first-order chi connectivity index (χ1) is 9.34. The van der Waals surface area contributed by atoms with Gasteiger partial charge >= 0.3 is 0 Å².